The summed E-state index contributed by atoms with van der Waals surface area (Å²) < 4.78 is 0. The van der Waals surface area contributed by atoms with Crippen LogP contribution in [0.3, 0.4) is 0 Å². The smallest absolute Gasteiger partial charge is 0.308 e. The first-order valence-corrected chi connectivity index (χ1v) is 9.59. The highest BCUT2D eigenvalue weighted by Crippen LogP contribution is 2.15. The number of carbonyl (C=O) groups is 2. The molecule has 0 aliphatic heterocycles. The molecule has 28 heavy (non-hydrogen) atoms. The van der Waals surface area contributed by atoms with Crippen LogP contribution in [0.25, 0.3) is 0 Å². The molecule has 3 rings (SSSR count). The molecular formula is C20H17ClN4O2S. The van der Waals surface area contributed by atoms with E-state index in [1.54, 1.807) is 49.4 Å². The van der Waals surface area contributed by atoms with Crippen LogP contribution in [-0.2, 0) is 0 Å². The van der Waals surface area contributed by atoms with E-state index in [2.05, 4.69) is 21.2 Å². The van der Waals surface area contributed by atoms with Crippen LogP contribution in [0.15, 0.2) is 71.1 Å². The van der Waals surface area contributed by atoms with Gasteiger partial charge in [0, 0.05) is 16.4 Å². The van der Waals surface area contributed by atoms with Crippen molar-refractivity contribution >= 4 is 52.0 Å². The minimum Gasteiger partial charge on any atom is -0.308 e. The average molecular weight is 413 g/mol. The molecule has 0 saturated carbocycles. The number of carbonyl (C=O) groups excluding carboxylic acids is 2. The number of hydrazone groups is 1. The van der Waals surface area contributed by atoms with Crippen molar-refractivity contribution in [3.05, 3.63) is 81.5 Å². The van der Waals surface area contributed by atoms with Crippen LogP contribution in [0.2, 0.25) is 5.02 Å². The lowest BCUT2D eigenvalue weighted by atomic mass is 10.1. The number of nitrogens with zero attached hydrogens (tertiary/aromatic N) is 1. The van der Waals surface area contributed by atoms with E-state index in [-0.39, 0.29) is 11.9 Å². The summed E-state index contributed by atoms with van der Waals surface area (Å²) in [6.45, 7) is 1.80. The predicted molar refractivity (Wildman–Crippen MR) is 115 cm³/mol. The van der Waals surface area contributed by atoms with E-state index in [0.717, 1.165) is 5.56 Å². The molecule has 0 spiro atoms. The normalized spacial score (nSPS) is 11.0. The zero-order chi connectivity index (χ0) is 19.9. The summed E-state index contributed by atoms with van der Waals surface area (Å²) in [5, 5.41) is 12.0. The zero-order valence-electron chi connectivity index (χ0n) is 14.9. The zero-order valence-corrected chi connectivity index (χ0v) is 16.5. The molecule has 142 valence electrons. The van der Waals surface area contributed by atoms with Gasteiger partial charge in [-0.05, 0) is 60.3 Å². The molecule has 6 nitrogen and oxygen atoms in total. The quantitative estimate of drug-likeness (QED) is 0.397. The Bertz CT molecular complexity index is 984. The molecule has 3 N–H and O–H groups in total. The van der Waals surface area contributed by atoms with Gasteiger partial charge in [0.15, 0.2) is 0 Å². The summed E-state index contributed by atoms with van der Waals surface area (Å²) >= 11 is 7.18. The molecule has 3 aromatic rings. The SMILES string of the molecule is C/C(=N/NC(=O)c1cccs1)c1ccc(NC(=O)Nc2ccc(Cl)cc2)cc1. The molecule has 0 aliphatic carbocycles. The van der Waals surface area contributed by atoms with E-state index >= 15 is 0 Å². The second kappa shape index (κ2) is 9.16. The summed E-state index contributed by atoms with van der Waals surface area (Å²) in [6.07, 6.45) is 0. The summed E-state index contributed by atoms with van der Waals surface area (Å²) in [7, 11) is 0. The predicted octanol–water partition coefficient (Wildman–Crippen LogP) is 5.20. The molecule has 0 saturated heterocycles. The number of urea groups is 1. The van der Waals surface area contributed by atoms with E-state index in [1.807, 2.05) is 23.6 Å². The van der Waals surface area contributed by atoms with Gasteiger partial charge in [0.2, 0.25) is 0 Å². The lowest BCUT2D eigenvalue weighted by molar-refractivity contribution is 0.0959. The number of hydrogen-bond acceptors (Lipinski definition) is 4. The number of amides is 3. The molecular weight excluding hydrogens is 396 g/mol. The Morgan fingerprint density at radius 3 is 2.11 bits per heavy atom. The number of hydrogen-bond donors (Lipinski definition) is 3. The third-order valence-electron chi connectivity index (χ3n) is 3.73. The van der Waals surface area contributed by atoms with Gasteiger partial charge in [0.25, 0.3) is 5.91 Å². The van der Waals surface area contributed by atoms with Gasteiger partial charge in [-0.15, -0.1) is 11.3 Å². The van der Waals surface area contributed by atoms with Gasteiger partial charge >= 0.3 is 6.03 Å². The van der Waals surface area contributed by atoms with E-state index in [9.17, 15) is 9.59 Å². The maximum atomic E-state index is 12.1. The standard InChI is InChI=1S/C20H17ClN4O2S/c1-13(24-25-19(26)18-3-2-12-28-18)14-4-8-16(9-5-14)22-20(27)23-17-10-6-15(21)7-11-17/h2-12H,1H3,(H,25,26)(H2,22,23,27)/b24-13-. The molecule has 0 fully saturated rings. The minimum atomic E-state index is -0.358. The van der Waals surface area contributed by atoms with Crippen LogP contribution in [0.4, 0.5) is 16.2 Å². The topological polar surface area (TPSA) is 82.6 Å². The van der Waals surface area contributed by atoms with Crippen molar-refractivity contribution in [3.8, 4) is 0 Å². The third-order valence-corrected chi connectivity index (χ3v) is 4.85. The van der Waals surface area contributed by atoms with Gasteiger partial charge < -0.3 is 10.6 Å². The fraction of sp³-hybridized carbons (Fsp3) is 0.0500. The number of anilines is 2. The second-order valence-electron chi connectivity index (χ2n) is 5.78. The molecule has 2 aromatic carbocycles. The highest BCUT2D eigenvalue weighted by atomic mass is 35.5. The molecule has 1 aromatic heterocycles. The maximum Gasteiger partial charge on any atom is 0.323 e. The van der Waals surface area contributed by atoms with Crippen molar-refractivity contribution in [2.24, 2.45) is 5.10 Å². The molecule has 0 atom stereocenters. The Labute approximate surface area is 171 Å². The summed E-state index contributed by atoms with van der Waals surface area (Å²) in [6, 6.07) is 17.2. The first-order chi connectivity index (χ1) is 13.5. The first-order valence-electron chi connectivity index (χ1n) is 8.33. The average Bonchev–Trinajstić information content (AvgIpc) is 3.23. The molecule has 0 aliphatic rings. The second-order valence-corrected chi connectivity index (χ2v) is 7.16. The van der Waals surface area contributed by atoms with E-state index < -0.39 is 0 Å². The van der Waals surface area contributed by atoms with Crippen LogP contribution >= 0.6 is 22.9 Å². The highest BCUT2D eigenvalue weighted by Gasteiger charge is 2.06. The summed E-state index contributed by atoms with van der Waals surface area (Å²) in [4.78, 5) is 24.6. The Balaban J connectivity index is 1.56. The molecule has 8 heteroatoms. The van der Waals surface area contributed by atoms with Gasteiger partial charge in [0.05, 0.1) is 10.6 Å². The van der Waals surface area contributed by atoms with Gasteiger partial charge in [-0.1, -0.05) is 29.8 Å². The van der Waals surface area contributed by atoms with Gasteiger partial charge in [-0.25, -0.2) is 10.2 Å². The van der Waals surface area contributed by atoms with Crippen LogP contribution in [0.5, 0.6) is 0 Å². The van der Waals surface area contributed by atoms with Gasteiger partial charge in [-0.3, -0.25) is 4.79 Å². The molecule has 0 radical (unpaired) electrons. The van der Waals surface area contributed by atoms with Crippen LogP contribution < -0.4 is 16.1 Å². The molecule has 3 amide bonds. The number of thiophene rings is 1. The third kappa shape index (κ3) is 5.42. The summed E-state index contributed by atoms with van der Waals surface area (Å²) in [5.74, 6) is -0.244. The van der Waals surface area contributed by atoms with Crippen molar-refractivity contribution in [1.29, 1.82) is 0 Å². The van der Waals surface area contributed by atoms with Gasteiger partial charge in [0.1, 0.15) is 0 Å². The monoisotopic (exact) mass is 412 g/mol. The molecule has 0 bridgehead atoms. The van der Waals surface area contributed by atoms with E-state index in [0.29, 0.717) is 27.0 Å². The lowest BCUT2D eigenvalue weighted by Gasteiger charge is -2.08. The van der Waals surface area contributed by atoms with Gasteiger partial charge in [-0.2, -0.15) is 5.10 Å². The number of halogens is 1. The minimum absolute atomic E-state index is 0.244. The van der Waals surface area contributed by atoms with Crippen molar-refractivity contribution in [2.45, 2.75) is 6.92 Å². The van der Waals surface area contributed by atoms with Crippen LogP contribution in [0, 0.1) is 0 Å². The van der Waals surface area contributed by atoms with Crippen LogP contribution in [0.1, 0.15) is 22.2 Å². The van der Waals surface area contributed by atoms with Crippen LogP contribution in [-0.4, -0.2) is 17.6 Å². The summed E-state index contributed by atoms with van der Waals surface area (Å²) in [5.41, 5.74) is 5.29. The lowest BCUT2D eigenvalue weighted by Crippen LogP contribution is -2.19. The number of rotatable bonds is 5. The Kier molecular flexibility index (Phi) is 6.41. The Morgan fingerprint density at radius 1 is 0.929 bits per heavy atom. The van der Waals surface area contributed by atoms with E-state index in [1.165, 1.54) is 11.3 Å². The van der Waals surface area contributed by atoms with Crippen molar-refractivity contribution in [1.82, 2.24) is 5.43 Å². The maximum absolute atomic E-state index is 12.1. The number of nitrogens with one attached hydrogen (secondary N) is 3. The van der Waals surface area contributed by atoms with Crippen molar-refractivity contribution in [2.75, 3.05) is 10.6 Å². The van der Waals surface area contributed by atoms with E-state index in [4.69, 9.17) is 11.6 Å². The first kappa shape index (κ1) is 19.6. The molecule has 0 unspecified atom stereocenters. The van der Waals surface area contributed by atoms with Crippen molar-refractivity contribution in [3.63, 3.8) is 0 Å². The largest absolute Gasteiger partial charge is 0.323 e. The fourth-order valence-electron chi connectivity index (χ4n) is 2.28. The van der Waals surface area contributed by atoms with Crippen molar-refractivity contribution < 1.29 is 9.59 Å². The number of benzene rings is 2. The highest BCUT2D eigenvalue weighted by molar-refractivity contribution is 7.12. The fourth-order valence-corrected chi connectivity index (χ4v) is 3.02. The Hall–Kier alpha value is -3.16. The molecule has 1 heterocycles. The Morgan fingerprint density at radius 2 is 1.54 bits per heavy atom.